The third-order valence-corrected chi connectivity index (χ3v) is 4.49. The van der Waals surface area contributed by atoms with Gasteiger partial charge in [0.15, 0.2) is 0 Å². The van der Waals surface area contributed by atoms with Gasteiger partial charge in [0.2, 0.25) is 5.95 Å². The first kappa shape index (κ1) is 13.1. The Labute approximate surface area is 124 Å². The van der Waals surface area contributed by atoms with Gasteiger partial charge >= 0.3 is 0 Å². The molecule has 1 fully saturated rings. The zero-order valence-electron chi connectivity index (χ0n) is 10.6. The van der Waals surface area contributed by atoms with Gasteiger partial charge < -0.3 is 15.2 Å². The molecule has 0 saturated carbocycles. The molecular weight excluding hydrogens is 358 g/mol. The molecule has 1 aliphatic rings. The largest absolute Gasteiger partial charge is 0.369 e. The van der Waals surface area contributed by atoms with Crippen molar-refractivity contribution in [3.63, 3.8) is 0 Å². The number of anilines is 1. The van der Waals surface area contributed by atoms with Crippen LogP contribution in [0.3, 0.4) is 0 Å². The van der Waals surface area contributed by atoms with E-state index in [-0.39, 0.29) is 5.82 Å². The van der Waals surface area contributed by atoms with Crippen LogP contribution in [0.25, 0.3) is 11.0 Å². The first-order chi connectivity index (χ1) is 9.15. The summed E-state index contributed by atoms with van der Waals surface area (Å²) in [6.07, 6.45) is 2.54. The molecule has 2 N–H and O–H groups in total. The average molecular weight is 374 g/mol. The minimum atomic E-state index is -0.213. The summed E-state index contributed by atoms with van der Waals surface area (Å²) in [6, 6.07) is 3.28. The van der Waals surface area contributed by atoms with E-state index < -0.39 is 0 Å². The van der Waals surface area contributed by atoms with E-state index in [9.17, 15) is 4.39 Å². The first-order valence-corrected chi connectivity index (χ1v) is 7.56. The van der Waals surface area contributed by atoms with Gasteiger partial charge in [-0.3, -0.25) is 0 Å². The van der Waals surface area contributed by atoms with Crippen molar-refractivity contribution >= 4 is 39.6 Å². The van der Waals surface area contributed by atoms with Crippen LogP contribution in [-0.2, 0) is 6.54 Å². The van der Waals surface area contributed by atoms with Gasteiger partial charge in [0.25, 0.3) is 0 Å². The number of hydrogen-bond donors (Lipinski definition) is 1. The number of fused-ring (bicyclic) bond motifs is 1. The van der Waals surface area contributed by atoms with Gasteiger partial charge in [-0.25, -0.2) is 9.37 Å². The SMILES string of the molecule is Nc1nc2cc(I)c(F)cc2n1CCN1CCCC1. The molecule has 1 aromatic heterocycles. The van der Waals surface area contributed by atoms with E-state index in [1.165, 1.54) is 18.9 Å². The second-order valence-corrected chi connectivity index (χ2v) is 6.09. The van der Waals surface area contributed by atoms with Crippen molar-refractivity contribution in [1.82, 2.24) is 14.5 Å². The lowest BCUT2D eigenvalue weighted by Gasteiger charge is -2.15. The molecule has 0 radical (unpaired) electrons. The lowest BCUT2D eigenvalue weighted by Crippen LogP contribution is -2.24. The van der Waals surface area contributed by atoms with Gasteiger partial charge in [-0.15, -0.1) is 0 Å². The molecule has 102 valence electrons. The molecular formula is C13H16FIN4. The number of aromatic nitrogens is 2. The Kier molecular flexibility index (Phi) is 3.62. The van der Waals surface area contributed by atoms with Gasteiger partial charge in [0.05, 0.1) is 14.6 Å². The Morgan fingerprint density at radius 2 is 2.00 bits per heavy atom. The lowest BCUT2D eigenvalue weighted by molar-refractivity contribution is 0.325. The van der Waals surface area contributed by atoms with Crippen molar-refractivity contribution in [3.05, 3.63) is 21.5 Å². The maximum atomic E-state index is 13.7. The van der Waals surface area contributed by atoms with E-state index in [0.29, 0.717) is 9.52 Å². The maximum absolute atomic E-state index is 13.7. The fourth-order valence-electron chi connectivity index (χ4n) is 2.62. The van der Waals surface area contributed by atoms with Crippen LogP contribution in [0, 0.1) is 9.39 Å². The van der Waals surface area contributed by atoms with E-state index >= 15 is 0 Å². The van der Waals surface area contributed by atoms with Crippen LogP contribution < -0.4 is 5.73 Å². The van der Waals surface area contributed by atoms with Crippen LogP contribution in [0.1, 0.15) is 12.8 Å². The Hall–Kier alpha value is -0.890. The average Bonchev–Trinajstić information content (AvgIpc) is 2.96. The molecule has 0 unspecified atom stereocenters. The molecule has 1 aliphatic heterocycles. The number of benzene rings is 1. The molecule has 0 atom stereocenters. The highest BCUT2D eigenvalue weighted by molar-refractivity contribution is 14.1. The summed E-state index contributed by atoms with van der Waals surface area (Å²) < 4.78 is 16.2. The van der Waals surface area contributed by atoms with E-state index in [0.717, 1.165) is 37.2 Å². The molecule has 2 heterocycles. The molecule has 2 aromatic rings. The standard InChI is InChI=1S/C13H16FIN4/c14-9-7-12-11(8-10(9)15)17-13(16)19(12)6-5-18-3-1-2-4-18/h7-8H,1-6H2,(H2,16,17). The normalized spacial score (nSPS) is 16.5. The number of hydrogen-bond acceptors (Lipinski definition) is 3. The predicted octanol–water partition coefficient (Wildman–Crippen LogP) is 2.46. The zero-order chi connectivity index (χ0) is 13.4. The zero-order valence-corrected chi connectivity index (χ0v) is 12.7. The number of likely N-dealkylation sites (tertiary alicyclic amines) is 1. The summed E-state index contributed by atoms with van der Waals surface area (Å²) in [5, 5.41) is 0. The number of rotatable bonds is 3. The highest BCUT2D eigenvalue weighted by Crippen LogP contribution is 2.23. The van der Waals surface area contributed by atoms with Crippen molar-refractivity contribution in [3.8, 4) is 0 Å². The summed E-state index contributed by atoms with van der Waals surface area (Å²) in [5.41, 5.74) is 7.50. The minimum absolute atomic E-state index is 0.213. The molecule has 3 rings (SSSR count). The second kappa shape index (κ2) is 5.24. The van der Waals surface area contributed by atoms with Gasteiger partial charge in [-0.2, -0.15) is 0 Å². The quantitative estimate of drug-likeness (QED) is 0.840. The monoisotopic (exact) mass is 374 g/mol. The van der Waals surface area contributed by atoms with E-state index in [4.69, 9.17) is 5.73 Å². The smallest absolute Gasteiger partial charge is 0.201 e. The van der Waals surface area contributed by atoms with Crippen molar-refractivity contribution in [2.24, 2.45) is 0 Å². The van der Waals surface area contributed by atoms with Gasteiger partial charge in [-0.05, 0) is 54.6 Å². The Morgan fingerprint density at radius 1 is 1.26 bits per heavy atom. The summed E-state index contributed by atoms with van der Waals surface area (Å²) in [7, 11) is 0. The molecule has 1 aromatic carbocycles. The molecule has 0 spiro atoms. The molecule has 19 heavy (non-hydrogen) atoms. The molecule has 0 aliphatic carbocycles. The molecule has 1 saturated heterocycles. The number of nitrogen functional groups attached to an aromatic ring is 1. The Bertz CT molecular complexity index is 604. The Balaban J connectivity index is 1.89. The maximum Gasteiger partial charge on any atom is 0.201 e. The second-order valence-electron chi connectivity index (χ2n) is 4.93. The fourth-order valence-corrected chi connectivity index (χ4v) is 3.07. The Morgan fingerprint density at radius 3 is 2.74 bits per heavy atom. The molecule has 4 nitrogen and oxygen atoms in total. The number of nitrogens with two attached hydrogens (primary N) is 1. The van der Waals surface area contributed by atoms with Crippen molar-refractivity contribution in [2.45, 2.75) is 19.4 Å². The predicted molar refractivity (Wildman–Crippen MR) is 82.5 cm³/mol. The van der Waals surface area contributed by atoms with Crippen molar-refractivity contribution in [2.75, 3.05) is 25.4 Å². The fraction of sp³-hybridized carbons (Fsp3) is 0.462. The van der Waals surface area contributed by atoms with Crippen LogP contribution in [0.2, 0.25) is 0 Å². The van der Waals surface area contributed by atoms with Gasteiger partial charge in [0.1, 0.15) is 5.82 Å². The van der Waals surface area contributed by atoms with Gasteiger partial charge in [0, 0.05) is 19.2 Å². The van der Waals surface area contributed by atoms with E-state index in [1.54, 1.807) is 6.07 Å². The number of imidazole rings is 1. The number of nitrogens with zero attached hydrogens (tertiary/aromatic N) is 3. The third-order valence-electron chi connectivity index (χ3n) is 3.66. The number of halogens is 2. The molecule has 0 bridgehead atoms. The summed E-state index contributed by atoms with van der Waals surface area (Å²) in [5.74, 6) is 0.256. The van der Waals surface area contributed by atoms with Crippen LogP contribution >= 0.6 is 22.6 Å². The van der Waals surface area contributed by atoms with Crippen molar-refractivity contribution in [1.29, 1.82) is 0 Å². The molecule has 0 amide bonds. The molecule has 6 heteroatoms. The highest BCUT2D eigenvalue weighted by Gasteiger charge is 2.14. The summed E-state index contributed by atoms with van der Waals surface area (Å²) in [6.45, 7) is 4.02. The first-order valence-electron chi connectivity index (χ1n) is 6.48. The topological polar surface area (TPSA) is 47.1 Å². The lowest BCUT2D eigenvalue weighted by atomic mass is 10.3. The van der Waals surface area contributed by atoms with E-state index in [2.05, 4.69) is 9.88 Å². The minimum Gasteiger partial charge on any atom is -0.369 e. The van der Waals surface area contributed by atoms with Gasteiger partial charge in [-0.1, -0.05) is 0 Å². The van der Waals surface area contributed by atoms with Crippen LogP contribution in [0.15, 0.2) is 12.1 Å². The highest BCUT2D eigenvalue weighted by atomic mass is 127. The van der Waals surface area contributed by atoms with Crippen LogP contribution in [0.4, 0.5) is 10.3 Å². The van der Waals surface area contributed by atoms with E-state index in [1.807, 2.05) is 27.2 Å². The summed E-state index contributed by atoms with van der Waals surface area (Å²) >= 11 is 1.97. The van der Waals surface area contributed by atoms with Crippen molar-refractivity contribution < 1.29 is 4.39 Å². The third kappa shape index (κ3) is 2.55. The summed E-state index contributed by atoms with van der Waals surface area (Å²) in [4.78, 5) is 6.72. The van der Waals surface area contributed by atoms with Crippen LogP contribution in [0.5, 0.6) is 0 Å². The van der Waals surface area contributed by atoms with Crippen LogP contribution in [-0.4, -0.2) is 34.1 Å².